The van der Waals surface area contributed by atoms with Crippen molar-refractivity contribution in [3.63, 3.8) is 0 Å². The Kier molecular flexibility index (Phi) is 17.4. The van der Waals surface area contributed by atoms with E-state index in [-0.39, 0.29) is 33.2 Å². The lowest BCUT2D eigenvalue weighted by Gasteiger charge is -2.34. The lowest BCUT2D eigenvalue weighted by atomic mass is 9.82. The summed E-state index contributed by atoms with van der Waals surface area (Å²) in [6, 6.07) is 0. The quantitative estimate of drug-likeness (QED) is 0.130. The molecule has 0 bridgehead atoms. The molecule has 0 aromatic heterocycles. The van der Waals surface area contributed by atoms with Gasteiger partial charge in [0.15, 0.2) is 0 Å². The van der Waals surface area contributed by atoms with E-state index in [1.54, 1.807) is 0 Å². The Hall–Kier alpha value is -0.340. The maximum absolute atomic E-state index is 13.2. The van der Waals surface area contributed by atoms with Gasteiger partial charge in [-0.25, -0.2) is 0 Å². The zero-order valence-corrected chi connectivity index (χ0v) is 33.4. The van der Waals surface area contributed by atoms with Crippen LogP contribution in [0.4, 0.5) is 0 Å². The summed E-state index contributed by atoms with van der Waals surface area (Å²) in [7, 11) is 6.50. The van der Waals surface area contributed by atoms with Crippen molar-refractivity contribution in [1.29, 1.82) is 0 Å². The molecule has 43 heavy (non-hydrogen) atoms. The first-order valence-electron chi connectivity index (χ1n) is 16.1. The molecule has 3 atom stereocenters. The topological polar surface area (TPSA) is 90.5 Å². The van der Waals surface area contributed by atoms with Crippen molar-refractivity contribution in [1.82, 2.24) is 20.9 Å². The third-order valence-electron chi connectivity index (χ3n) is 7.52. The monoisotopic (exact) mass is 662 g/mol. The van der Waals surface area contributed by atoms with Gasteiger partial charge in [-0.1, -0.05) is 96.4 Å². The highest BCUT2D eigenvalue weighted by atomic mass is 31.1. The van der Waals surface area contributed by atoms with Crippen LogP contribution < -0.4 is 16.0 Å². The molecular weight excluding hydrogens is 593 g/mol. The maximum Gasteiger partial charge on any atom is 0.225 e. The van der Waals surface area contributed by atoms with Crippen molar-refractivity contribution in [2.45, 2.75) is 131 Å². The van der Waals surface area contributed by atoms with Crippen LogP contribution in [0, 0.1) is 16.2 Å². The molecule has 3 unspecified atom stereocenters. The summed E-state index contributed by atoms with van der Waals surface area (Å²) < 4.78 is 0. The summed E-state index contributed by atoms with van der Waals surface area (Å²) in [4.78, 5) is 41.4. The molecule has 0 radical (unpaired) electrons. The highest BCUT2D eigenvalue weighted by molar-refractivity contribution is 7.39. The molecule has 0 aromatic rings. The molecule has 3 N–H and O–H groups in total. The van der Waals surface area contributed by atoms with Crippen LogP contribution in [0.2, 0.25) is 0 Å². The zero-order valence-electron chi connectivity index (χ0n) is 30.1. The average Bonchev–Trinajstić information content (AvgIpc) is 2.78. The number of carbonyl (C=O) groups is 3. The van der Waals surface area contributed by atoms with Crippen molar-refractivity contribution < 1.29 is 14.4 Å². The molecular formula is C33H69N4O3P3. The molecule has 0 aliphatic rings. The van der Waals surface area contributed by atoms with Crippen LogP contribution in [0.25, 0.3) is 0 Å². The molecule has 0 spiro atoms. The minimum Gasteiger partial charge on any atom is -0.354 e. The number of nitrogens with zero attached hydrogens (tertiary/aromatic N) is 1. The molecule has 0 saturated carbocycles. The van der Waals surface area contributed by atoms with E-state index < -0.39 is 16.2 Å². The smallest absolute Gasteiger partial charge is 0.225 e. The van der Waals surface area contributed by atoms with Gasteiger partial charge in [0.2, 0.25) is 17.7 Å². The Morgan fingerprint density at radius 2 is 0.884 bits per heavy atom. The number of nitrogens with one attached hydrogen (secondary N) is 3. The van der Waals surface area contributed by atoms with E-state index in [2.05, 4.69) is 87.8 Å². The Balaban J connectivity index is 5.28. The summed E-state index contributed by atoms with van der Waals surface area (Å²) in [5, 5.41) is 9.51. The number of amides is 3. The predicted octanol–water partition coefficient (Wildman–Crippen LogP) is 6.06. The van der Waals surface area contributed by atoms with Crippen molar-refractivity contribution in [2.24, 2.45) is 16.2 Å². The highest BCUT2D eigenvalue weighted by Crippen LogP contribution is 2.41. The van der Waals surface area contributed by atoms with Crippen LogP contribution in [-0.4, -0.2) is 83.5 Å². The fourth-order valence-corrected chi connectivity index (χ4v) is 8.70. The maximum atomic E-state index is 13.2. The first-order valence-corrected chi connectivity index (χ1v) is 18.5. The van der Waals surface area contributed by atoms with Crippen LogP contribution in [0.5, 0.6) is 0 Å². The van der Waals surface area contributed by atoms with Crippen LogP contribution in [0.3, 0.4) is 0 Å². The van der Waals surface area contributed by atoms with Gasteiger partial charge >= 0.3 is 0 Å². The molecule has 0 rings (SSSR count). The lowest BCUT2D eigenvalue weighted by Crippen LogP contribution is -2.48. The summed E-state index contributed by atoms with van der Waals surface area (Å²) in [5.41, 5.74) is -1.41. The Morgan fingerprint density at radius 3 is 1.16 bits per heavy atom. The van der Waals surface area contributed by atoms with E-state index in [9.17, 15) is 14.4 Å². The Morgan fingerprint density at radius 1 is 0.581 bits per heavy atom. The Bertz CT molecular complexity index is 845. The van der Waals surface area contributed by atoms with E-state index >= 15 is 0 Å². The van der Waals surface area contributed by atoms with Gasteiger partial charge in [0.25, 0.3) is 0 Å². The normalized spacial score (nSPS) is 14.0. The molecule has 7 nitrogen and oxygen atoms in total. The fraction of sp³-hybridized carbons (Fsp3) is 0.909. The molecule has 10 heteroatoms. The zero-order chi connectivity index (χ0) is 33.9. The van der Waals surface area contributed by atoms with E-state index in [1.165, 1.54) is 12.6 Å². The van der Waals surface area contributed by atoms with Crippen LogP contribution in [0.1, 0.15) is 116 Å². The SMILES string of the molecule is CCCPC(C)(C)CC(C)(C)C(=O)NCCN(CCNC(=O)C(C)(C)CC(C)(C)P)CCNC(=O)C(C)(C)CC(C)(C)P. The second-order valence-corrected chi connectivity index (χ2v) is 21.9. The van der Waals surface area contributed by atoms with E-state index in [4.69, 9.17) is 0 Å². The predicted molar refractivity (Wildman–Crippen MR) is 196 cm³/mol. The fourth-order valence-electron chi connectivity index (χ4n) is 6.19. The van der Waals surface area contributed by atoms with Crippen LogP contribution >= 0.6 is 27.1 Å². The molecule has 0 fully saturated rings. The first kappa shape index (κ1) is 42.7. The standard InChI is InChI=1S/C33H69N4O3P3/c1-14-21-43-33(12,13)24-30(6,7)27(40)36-17-20-37(18-15-34-25(38)28(2,3)22-31(8,9)41)19-16-35-26(39)29(4,5)23-32(10,11)42/h43H,14-24,41-42H2,1-13H3,(H,34,38)(H,35,39)(H,36,40). The second kappa shape index (κ2) is 17.5. The van der Waals surface area contributed by atoms with Gasteiger partial charge in [0.05, 0.1) is 0 Å². The highest BCUT2D eigenvalue weighted by Gasteiger charge is 2.35. The third-order valence-corrected chi connectivity index (χ3v) is 9.81. The molecule has 254 valence electrons. The van der Waals surface area contributed by atoms with Crippen LogP contribution in [-0.2, 0) is 14.4 Å². The lowest BCUT2D eigenvalue weighted by molar-refractivity contribution is -0.130. The summed E-state index contributed by atoms with van der Waals surface area (Å²) >= 11 is 0. The number of hydrogen-bond acceptors (Lipinski definition) is 4. The van der Waals surface area contributed by atoms with Crippen molar-refractivity contribution in [2.75, 3.05) is 45.4 Å². The minimum absolute atomic E-state index is 0.0256. The van der Waals surface area contributed by atoms with Gasteiger partial charge in [-0.2, -0.15) is 0 Å². The minimum atomic E-state index is -0.480. The molecule has 0 heterocycles. The largest absolute Gasteiger partial charge is 0.354 e. The van der Waals surface area contributed by atoms with E-state index in [0.29, 0.717) is 39.3 Å². The number of rotatable bonds is 21. The van der Waals surface area contributed by atoms with E-state index in [0.717, 1.165) is 27.8 Å². The number of carbonyl (C=O) groups excluding carboxylic acids is 3. The summed E-state index contributed by atoms with van der Waals surface area (Å²) in [6.45, 7) is 30.7. The summed E-state index contributed by atoms with van der Waals surface area (Å²) in [6.07, 6.45) is 4.73. The van der Waals surface area contributed by atoms with E-state index in [1.807, 2.05) is 41.5 Å². The van der Waals surface area contributed by atoms with Gasteiger partial charge in [0.1, 0.15) is 0 Å². The van der Waals surface area contributed by atoms with Gasteiger partial charge in [-0.05, 0) is 40.9 Å². The Labute approximate surface area is 272 Å². The van der Waals surface area contributed by atoms with Crippen molar-refractivity contribution in [3.8, 4) is 0 Å². The van der Waals surface area contributed by atoms with Crippen LogP contribution in [0.15, 0.2) is 0 Å². The van der Waals surface area contributed by atoms with Gasteiger partial charge < -0.3 is 16.0 Å². The molecule has 3 amide bonds. The molecule has 0 saturated heterocycles. The second-order valence-electron chi connectivity index (χ2n) is 16.6. The van der Waals surface area contributed by atoms with Gasteiger partial charge in [0, 0.05) is 55.5 Å². The molecule has 0 aromatic carbocycles. The number of hydrogen-bond donors (Lipinski definition) is 3. The average molecular weight is 663 g/mol. The van der Waals surface area contributed by atoms with Crippen molar-refractivity contribution >= 4 is 44.8 Å². The molecule has 0 aliphatic carbocycles. The van der Waals surface area contributed by atoms with Gasteiger partial charge in [-0.3, -0.25) is 19.3 Å². The molecule has 0 aliphatic heterocycles. The third kappa shape index (κ3) is 19.0. The van der Waals surface area contributed by atoms with Crippen molar-refractivity contribution in [3.05, 3.63) is 0 Å². The van der Waals surface area contributed by atoms with Gasteiger partial charge in [-0.15, -0.1) is 27.1 Å². The first-order chi connectivity index (χ1) is 19.2. The summed E-state index contributed by atoms with van der Waals surface area (Å²) in [5.74, 6) is 0.158.